The highest BCUT2D eigenvalue weighted by molar-refractivity contribution is 5.99. The van der Waals surface area contributed by atoms with Gasteiger partial charge < -0.3 is 15.1 Å². The maximum absolute atomic E-state index is 12.8. The van der Waals surface area contributed by atoms with E-state index in [9.17, 15) is 14.9 Å². The molecule has 0 radical (unpaired) electrons. The van der Waals surface area contributed by atoms with Crippen molar-refractivity contribution in [2.45, 2.75) is 19.5 Å². The molecule has 136 valence electrons. The van der Waals surface area contributed by atoms with E-state index in [0.717, 1.165) is 27.9 Å². The van der Waals surface area contributed by atoms with Crippen LogP contribution in [0.2, 0.25) is 0 Å². The van der Waals surface area contributed by atoms with E-state index >= 15 is 0 Å². The van der Waals surface area contributed by atoms with Gasteiger partial charge in [-0.05, 0) is 34.4 Å². The van der Waals surface area contributed by atoms with Crippen molar-refractivity contribution >= 4 is 17.5 Å². The summed E-state index contributed by atoms with van der Waals surface area (Å²) in [5.74, 6) is -0.473. The zero-order chi connectivity index (χ0) is 19.0. The molecule has 6 heteroatoms. The standard InChI is InChI=1S/C21H20N4O2/c1-24(21(27)15-8-20(26)23-10-15)17-7-16-11-25(13-22)12-19(16)18(9-17)14-5-3-2-4-6-14/h2-7,9,15H,8,10-12H2,1H3,(H,23,26). The van der Waals surface area contributed by atoms with Crippen molar-refractivity contribution in [2.75, 3.05) is 18.5 Å². The molecular weight excluding hydrogens is 340 g/mol. The molecular formula is C21H20N4O2. The van der Waals surface area contributed by atoms with E-state index in [0.29, 0.717) is 19.6 Å². The number of anilines is 1. The Kier molecular flexibility index (Phi) is 4.28. The number of fused-ring (bicyclic) bond motifs is 1. The summed E-state index contributed by atoms with van der Waals surface area (Å²) in [6, 6.07) is 14.0. The Morgan fingerprint density at radius 3 is 2.70 bits per heavy atom. The second-order valence-corrected chi connectivity index (χ2v) is 7.06. The first-order chi connectivity index (χ1) is 13.1. The van der Waals surface area contributed by atoms with Gasteiger partial charge in [0.25, 0.3) is 0 Å². The fourth-order valence-electron chi connectivity index (χ4n) is 3.82. The third-order valence-electron chi connectivity index (χ3n) is 5.31. The van der Waals surface area contributed by atoms with Gasteiger partial charge in [0.1, 0.15) is 0 Å². The van der Waals surface area contributed by atoms with Gasteiger partial charge in [-0.2, -0.15) is 5.26 Å². The van der Waals surface area contributed by atoms with Crippen LogP contribution in [0.15, 0.2) is 42.5 Å². The number of carbonyl (C=O) groups is 2. The molecule has 0 aliphatic carbocycles. The number of carbonyl (C=O) groups excluding carboxylic acids is 2. The van der Waals surface area contributed by atoms with Gasteiger partial charge in [0, 0.05) is 25.7 Å². The third-order valence-corrected chi connectivity index (χ3v) is 5.31. The lowest BCUT2D eigenvalue weighted by Gasteiger charge is -2.22. The van der Waals surface area contributed by atoms with Crippen molar-refractivity contribution in [1.82, 2.24) is 10.2 Å². The van der Waals surface area contributed by atoms with Crippen LogP contribution in [0.25, 0.3) is 11.1 Å². The summed E-state index contributed by atoms with van der Waals surface area (Å²) in [5.41, 5.74) is 5.09. The lowest BCUT2D eigenvalue weighted by Crippen LogP contribution is -2.34. The number of amides is 2. The van der Waals surface area contributed by atoms with Gasteiger partial charge >= 0.3 is 0 Å². The van der Waals surface area contributed by atoms with E-state index in [2.05, 4.69) is 11.5 Å². The topological polar surface area (TPSA) is 76.4 Å². The molecule has 2 aromatic rings. The molecule has 0 spiro atoms. The van der Waals surface area contributed by atoms with Gasteiger partial charge in [0.15, 0.2) is 6.19 Å². The number of hydrogen-bond acceptors (Lipinski definition) is 4. The van der Waals surface area contributed by atoms with Gasteiger partial charge in [-0.25, -0.2) is 0 Å². The molecule has 2 aliphatic rings. The zero-order valence-electron chi connectivity index (χ0n) is 15.1. The number of nitrogens with one attached hydrogen (secondary N) is 1. The van der Waals surface area contributed by atoms with Crippen LogP contribution in [0.4, 0.5) is 5.69 Å². The minimum absolute atomic E-state index is 0.0672. The number of nitriles is 1. The summed E-state index contributed by atoms with van der Waals surface area (Å²) in [5, 5.41) is 12.0. The molecule has 27 heavy (non-hydrogen) atoms. The highest BCUT2D eigenvalue weighted by atomic mass is 16.2. The molecule has 0 bridgehead atoms. The van der Waals surface area contributed by atoms with Crippen LogP contribution in [-0.2, 0) is 22.7 Å². The second kappa shape index (κ2) is 6.76. The molecule has 2 aliphatic heterocycles. The summed E-state index contributed by atoms with van der Waals surface area (Å²) in [7, 11) is 1.75. The fourth-order valence-corrected chi connectivity index (χ4v) is 3.82. The van der Waals surface area contributed by atoms with Crippen molar-refractivity contribution in [1.29, 1.82) is 5.26 Å². The highest BCUT2D eigenvalue weighted by Crippen LogP contribution is 2.36. The van der Waals surface area contributed by atoms with Crippen LogP contribution in [-0.4, -0.2) is 30.3 Å². The van der Waals surface area contributed by atoms with Crippen LogP contribution in [0.3, 0.4) is 0 Å². The normalized spacial score (nSPS) is 18.0. The van der Waals surface area contributed by atoms with Crippen LogP contribution in [0.5, 0.6) is 0 Å². The van der Waals surface area contributed by atoms with Crippen molar-refractivity contribution in [3.8, 4) is 17.3 Å². The maximum Gasteiger partial charge on any atom is 0.232 e. The van der Waals surface area contributed by atoms with E-state index in [4.69, 9.17) is 0 Å². The number of nitrogens with zero attached hydrogens (tertiary/aromatic N) is 3. The summed E-state index contributed by atoms with van der Waals surface area (Å²) in [4.78, 5) is 27.6. The molecule has 2 heterocycles. The molecule has 1 fully saturated rings. The Morgan fingerprint density at radius 1 is 1.26 bits per heavy atom. The van der Waals surface area contributed by atoms with E-state index < -0.39 is 0 Å². The first-order valence-electron chi connectivity index (χ1n) is 8.97. The summed E-state index contributed by atoms with van der Waals surface area (Å²) in [6.45, 7) is 1.51. The molecule has 1 atom stereocenters. The van der Waals surface area contributed by atoms with Crippen LogP contribution in [0, 0.1) is 17.4 Å². The minimum atomic E-state index is -0.327. The van der Waals surface area contributed by atoms with Crippen molar-refractivity contribution in [2.24, 2.45) is 5.92 Å². The lowest BCUT2D eigenvalue weighted by molar-refractivity contribution is -0.124. The Hall–Kier alpha value is -3.33. The first kappa shape index (κ1) is 17.1. The summed E-state index contributed by atoms with van der Waals surface area (Å²) >= 11 is 0. The molecule has 1 unspecified atom stereocenters. The highest BCUT2D eigenvalue weighted by Gasteiger charge is 2.31. The Bertz CT molecular complexity index is 949. The summed E-state index contributed by atoms with van der Waals surface area (Å²) in [6.07, 6.45) is 2.46. The maximum atomic E-state index is 12.8. The quantitative estimate of drug-likeness (QED) is 0.852. The average Bonchev–Trinajstić information content (AvgIpc) is 3.32. The first-order valence-corrected chi connectivity index (χ1v) is 8.97. The van der Waals surface area contributed by atoms with Crippen molar-refractivity contribution in [3.05, 3.63) is 53.6 Å². The van der Waals surface area contributed by atoms with Crippen LogP contribution >= 0.6 is 0 Å². The molecule has 4 rings (SSSR count). The smallest absolute Gasteiger partial charge is 0.232 e. The lowest BCUT2D eigenvalue weighted by atomic mass is 9.95. The Balaban J connectivity index is 1.73. The van der Waals surface area contributed by atoms with E-state index in [1.165, 1.54) is 0 Å². The predicted octanol–water partition coefficient (Wildman–Crippen LogP) is 2.25. The van der Waals surface area contributed by atoms with Gasteiger partial charge in [0.05, 0.1) is 19.0 Å². The number of benzene rings is 2. The number of rotatable bonds is 3. The van der Waals surface area contributed by atoms with Gasteiger partial charge in [-0.15, -0.1) is 0 Å². The molecule has 0 saturated carbocycles. The van der Waals surface area contributed by atoms with Crippen molar-refractivity contribution < 1.29 is 9.59 Å². The Morgan fingerprint density at radius 2 is 2.04 bits per heavy atom. The second-order valence-electron chi connectivity index (χ2n) is 7.06. The molecule has 1 saturated heterocycles. The fraction of sp³-hybridized carbons (Fsp3) is 0.286. The third kappa shape index (κ3) is 3.13. The summed E-state index contributed by atoms with van der Waals surface area (Å²) < 4.78 is 0. The minimum Gasteiger partial charge on any atom is -0.355 e. The zero-order valence-corrected chi connectivity index (χ0v) is 15.1. The largest absolute Gasteiger partial charge is 0.355 e. The van der Waals surface area contributed by atoms with Gasteiger partial charge in [-0.1, -0.05) is 30.3 Å². The number of hydrogen-bond donors (Lipinski definition) is 1. The SMILES string of the molecule is CN(C(=O)C1CNC(=O)C1)c1cc2c(c(-c3ccccc3)c1)CN(C#N)C2. The van der Waals surface area contributed by atoms with Gasteiger partial charge in [-0.3, -0.25) is 9.59 Å². The van der Waals surface area contributed by atoms with E-state index in [1.54, 1.807) is 16.8 Å². The Labute approximate surface area is 158 Å². The monoisotopic (exact) mass is 360 g/mol. The molecule has 2 aromatic carbocycles. The predicted molar refractivity (Wildman–Crippen MR) is 101 cm³/mol. The van der Waals surface area contributed by atoms with Crippen LogP contribution < -0.4 is 10.2 Å². The molecule has 0 aromatic heterocycles. The van der Waals surface area contributed by atoms with Crippen molar-refractivity contribution in [3.63, 3.8) is 0 Å². The van der Waals surface area contributed by atoms with E-state index in [1.807, 2.05) is 42.5 Å². The molecule has 6 nitrogen and oxygen atoms in total. The van der Waals surface area contributed by atoms with Gasteiger partial charge in [0.2, 0.25) is 11.8 Å². The average molecular weight is 360 g/mol. The molecule has 2 amide bonds. The van der Waals surface area contributed by atoms with E-state index in [-0.39, 0.29) is 24.2 Å². The molecule has 1 N–H and O–H groups in total. The van der Waals surface area contributed by atoms with Crippen LogP contribution in [0.1, 0.15) is 17.5 Å².